The highest BCUT2D eigenvalue weighted by molar-refractivity contribution is 5.23. The predicted molar refractivity (Wildman–Crippen MR) is 111 cm³/mol. The molecule has 3 N–H and O–H groups in total. The zero-order valence-corrected chi connectivity index (χ0v) is 16.3. The summed E-state index contributed by atoms with van der Waals surface area (Å²) in [4.78, 5) is 4.76. The molecule has 2 aliphatic carbocycles. The molecule has 0 saturated heterocycles. The van der Waals surface area contributed by atoms with E-state index in [0.717, 1.165) is 37.2 Å². The van der Waals surface area contributed by atoms with Gasteiger partial charge in [-0.1, -0.05) is 99.2 Å². The molecule has 0 heterocycles. The van der Waals surface area contributed by atoms with Crippen molar-refractivity contribution in [2.75, 3.05) is 0 Å². The molecule has 0 atom stereocenters. The third-order valence-corrected chi connectivity index (χ3v) is 6.01. The van der Waals surface area contributed by atoms with Crippen LogP contribution in [-0.2, 0) is 10.5 Å². The van der Waals surface area contributed by atoms with E-state index < -0.39 is 5.60 Å². The number of hydrogen-bond acceptors (Lipinski definition) is 2. The zero-order chi connectivity index (χ0) is 18.1. The summed E-state index contributed by atoms with van der Waals surface area (Å²) < 4.78 is 0. The lowest BCUT2D eigenvalue weighted by Crippen LogP contribution is -2.31. The Kier molecular flexibility index (Phi) is 8.99. The average molecular weight is 371 g/mol. The second kappa shape index (κ2) is 11.2. The quantitative estimate of drug-likeness (QED) is 0.513. The van der Waals surface area contributed by atoms with Gasteiger partial charge in [-0.25, -0.2) is 4.89 Å². The van der Waals surface area contributed by atoms with Gasteiger partial charge in [0.05, 0.1) is 0 Å². The van der Waals surface area contributed by atoms with E-state index in [-0.39, 0.29) is 5.48 Å². The van der Waals surface area contributed by atoms with Gasteiger partial charge in [-0.05, 0) is 42.7 Å². The summed E-state index contributed by atoms with van der Waals surface area (Å²) in [5.41, 5.74) is 2.22. The van der Waals surface area contributed by atoms with Crippen molar-refractivity contribution in [1.82, 2.24) is 0 Å². The topological polar surface area (TPSA) is 61.0 Å². The molecule has 0 unspecified atom stereocenters. The van der Waals surface area contributed by atoms with Gasteiger partial charge in [0, 0.05) is 0 Å². The summed E-state index contributed by atoms with van der Waals surface area (Å²) in [6.45, 7) is 0. The zero-order valence-electron chi connectivity index (χ0n) is 16.3. The van der Waals surface area contributed by atoms with E-state index in [9.17, 15) is 0 Å². The van der Waals surface area contributed by atoms with Crippen molar-refractivity contribution in [3.63, 3.8) is 0 Å². The largest absolute Gasteiger partial charge is 0.412 e. The van der Waals surface area contributed by atoms with Crippen molar-refractivity contribution in [1.29, 1.82) is 0 Å². The highest BCUT2D eigenvalue weighted by Crippen LogP contribution is 2.39. The summed E-state index contributed by atoms with van der Waals surface area (Å²) in [5, 5.41) is 9.09. The number of rotatable bonds is 3. The van der Waals surface area contributed by atoms with Gasteiger partial charge in [0.15, 0.2) is 0 Å². The lowest BCUT2D eigenvalue weighted by atomic mass is 9.80. The molecule has 4 rings (SSSR count). The van der Waals surface area contributed by atoms with E-state index in [1.807, 2.05) is 30.3 Å². The molecule has 0 spiro atoms. The van der Waals surface area contributed by atoms with Crippen LogP contribution >= 0.6 is 0 Å². The van der Waals surface area contributed by atoms with Crippen LogP contribution in [-0.4, -0.2) is 10.7 Å². The molecule has 3 heteroatoms. The van der Waals surface area contributed by atoms with Crippen molar-refractivity contribution in [2.24, 2.45) is 0 Å². The van der Waals surface area contributed by atoms with Crippen LogP contribution in [0.3, 0.4) is 0 Å². The van der Waals surface area contributed by atoms with E-state index in [2.05, 4.69) is 30.3 Å². The molecule has 0 bridgehead atoms. The van der Waals surface area contributed by atoms with Crippen LogP contribution in [0.15, 0.2) is 60.7 Å². The van der Waals surface area contributed by atoms with E-state index in [1.165, 1.54) is 38.5 Å². The molecule has 3 nitrogen and oxygen atoms in total. The van der Waals surface area contributed by atoms with E-state index in [4.69, 9.17) is 10.1 Å². The van der Waals surface area contributed by atoms with Gasteiger partial charge < -0.3 is 5.48 Å². The predicted octanol–water partition coefficient (Wildman–Crippen LogP) is 6.25. The van der Waals surface area contributed by atoms with E-state index in [0.29, 0.717) is 0 Å². The second-order valence-corrected chi connectivity index (χ2v) is 7.76. The van der Waals surface area contributed by atoms with Crippen molar-refractivity contribution >= 4 is 0 Å². The van der Waals surface area contributed by atoms with Crippen LogP contribution in [0.2, 0.25) is 0 Å². The molecule has 2 aliphatic rings. The molecule has 2 saturated carbocycles. The van der Waals surface area contributed by atoms with Crippen LogP contribution in [0.25, 0.3) is 0 Å². The Labute approximate surface area is 163 Å². The fourth-order valence-corrected chi connectivity index (χ4v) is 4.46. The maximum absolute atomic E-state index is 9.09. The highest BCUT2D eigenvalue weighted by atomic mass is 17.1. The lowest BCUT2D eigenvalue weighted by Gasteiger charge is -2.34. The first-order chi connectivity index (χ1) is 12.8. The smallest absolute Gasteiger partial charge is 0.128 e. The molecular formula is C24H34O3. The molecule has 2 aromatic carbocycles. The van der Waals surface area contributed by atoms with Gasteiger partial charge in [0.1, 0.15) is 5.60 Å². The molecule has 0 radical (unpaired) electrons. The molecular weight excluding hydrogens is 336 g/mol. The summed E-state index contributed by atoms with van der Waals surface area (Å²) >= 11 is 0. The van der Waals surface area contributed by atoms with E-state index >= 15 is 0 Å². The maximum Gasteiger partial charge on any atom is 0.128 e. The Morgan fingerprint density at radius 1 is 0.704 bits per heavy atom. The second-order valence-electron chi connectivity index (χ2n) is 7.76. The summed E-state index contributed by atoms with van der Waals surface area (Å²) in [7, 11) is 0. The summed E-state index contributed by atoms with van der Waals surface area (Å²) in [6, 6.07) is 21.0. The highest BCUT2D eigenvalue weighted by Gasteiger charge is 2.35. The number of benzene rings is 2. The minimum Gasteiger partial charge on any atom is -0.412 e. The van der Waals surface area contributed by atoms with Crippen LogP contribution < -0.4 is 0 Å². The molecule has 0 aromatic heterocycles. The Bertz CT molecular complexity index is 615. The molecule has 0 amide bonds. The first kappa shape index (κ1) is 21.6. The average Bonchev–Trinajstić information content (AvgIpc) is 2.76. The van der Waals surface area contributed by atoms with Gasteiger partial charge >= 0.3 is 0 Å². The van der Waals surface area contributed by atoms with Gasteiger partial charge in [0.25, 0.3) is 0 Å². The third-order valence-electron chi connectivity index (χ3n) is 6.01. The molecule has 2 fully saturated rings. The third kappa shape index (κ3) is 5.90. The summed E-state index contributed by atoms with van der Waals surface area (Å²) in [5.74, 6) is 0.861. The molecule has 0 aliphatic heterocycles. The minimum atomic E-state index is -0.431. The molecule has 27 heavy (non-hydrogen) atoms. The van der Waals surface area contributed by atoms with Gasteiger partial charge in [0.2, 0.25) is 0 Å². The monoisotopic (exact) mass is 370 g/mol. The Balaban J connectivity index is 0.000000189. The van der Waals surface area contributed by atoms with Gasteiger partial charge in [-0.3, -0.25) is 5.26 Å². The van der Waals surface area contributed by atoms with Crippen molar-refractivity contribution < 1.29 is 15.6 Å². The van der Waals surface area contributed by atoms with Crippen molar-refractivity contribution in [2.45, 2.75) is 75.7 Å². The standard InChI is InChI=1S/C12H16O2.C12H16.H2O/c13-14-12(9-5-2-6-10-12)11-7-3-1-4-8-11;1-3-7-11(8-4-1)12-9-5-2-6-10-12;/h1,3-4,7-8,13H,2,5-6,9-10H2;1,3-4,7-8,12H,2,5-6,9-10H2;1H2. The van der Waals surface area contributed by atoms with Crippen molar-refractivity contribution in [3.8, 4) is 0 Å². The summed E-state index contributed by atoms with van der Waals surface area (Å²) in [6.07, 6.45) is 12.5. The molecule has 148 valence electrons. The van der Waals surface area contributed by atoms with Crippen molar-refractivity contribution in [3.05, 3.63) is 71.8 Å². The van der Waals surface area contributed by atoms with Crippen LogP contribution in [0, 0.1) is 0 Å². The molecule has 2 aromatic rings. The van der Waals surface area contributed by atoms with E-state index in [1.54, 1.807) is 5.56 Å². The Morgan fingerprint density at radius 2 is 1.22 bits per heavy atom. The van der Waals surface area contributed by atoms with Crippen LogP contribution in [0.1, 0.15) is 81.3 Å². The first-order valence-electron chi connectivity index (χ1n) is 10.3. The maximum atomic E-state index is 9.09. The minimum absolute atomic E-state index is 0. The Morgan fingerprint density at radius 3 is 1.78 bits per heavy atom. The number of hydrogen-bond donors (Lipinski definition) is 1. The Hall–Kier alpha value is -1.68. The van der Waals surface area contributed by atoms with Crippen LogP contribution in [0.5, 0.6) is 0 Å². The normalized spacial score (nSPS) is 19.3. The lowest BCUT2D eigenvalue weighted by molar-refractivity contribution is -0.337. The fraction of sp³-hybridized carbons (Fsp3) is 0.500. The van der Waals surface area contributed by atoms with Gasteiger partial charge in [-0.2, -0.15) is 0 Å². The fourth-order valence-electron chi connectivity index (χ4n) is 4.46. The SMILES string of the molecule is O.OOC1(c2ccccc2)CCCCC1.c1ccc(C2CCCCC2)cc1. The first-order valence-corrected chi connectivity index (χ1v) is 10.3. The van der Waals surface area contributed by atoms with Crippen LogP contribution in [0.4, 0.5) is 0 Å². The van der Waals surface area contributed by atoms with Gasteiger partial charge in [-0.15, -0.1) is 0 Å².